The van der Waals surface area contributed by atoms with Gasteiger partial charge in [0, 0.05) is 5.69 Å². The molecule has 4 nitrogen and oxygen atoms in total. The number of aromatic nitrogens is 2. The van der Waals surface area contributed by atoms with Gasteiger partial charge < -0.3 is 9.88 Å². The van der Waals surface area contributed by atoms with E-state index in [2.05, 4.69) is 43.6 Å². The highest BCUT2D eigenvalue weighted by molar-refractivity contribution is 7.97. The number of thioether (sulfide) groups is 1. The molecule has 3 rings (SSSR count). The molecule has 136 valence electrons. The Bertz CT molecular complexity index is 895. The average Bonchev–Trinajstić information content (AvgIpc) is 2.99. The molecule has 1 N–H and O–H groups in total. The highest BCUT2D eigenvalue weighted by atomic mass is 32.2. The van der Waals surface area contributed by atoms with Crippen molar-refractivity contribution in [3.63, 3.8) is 0 Å². The lowest BCUT2D eigenvalue weighted by Crippen LogP contribution is -2.21. The minimum Gasteiger partial charge on any atom is -0.324 e. The maximum absolute atomic E-state index is 12.8. The maximum atomic E-state index is 12.8. The summed E-state index contributed by atoms with van der Waals surface area (Å²) in [5.41, 5.74) is 5.27. The summed E-state index contributed by atoms with van der Waals surface area (Å²) in [6.45, 7) is 4.51. The number of amides is 1. The smallest absolute Gasteiger partial charge is 0.244 e. The van der Waals surface area contributed by atoms with Gasteiger partial charge in [0.1, 0.15) is 12.4 Å². The molecule has 0 radical (unpaired) electrons. The van der Waals surface area contributed by atoms with Crippen LogP contribution < -0.4 is 5.32 Å². The lowest BCUT2D eigenvalue weighted by atomic mass is 10.0. The van der Waals surface area contributed by atoms with Crippen molar-refractivity contribution in [1.29, 1.82) is 0 Å². The first kappa shape index (κ1) is 18.5. The van der Waals surface area contributed by atoms with Crippen LogP contribution in [-0.2, 0) is 29.9 Å². The van der Waals surface area contributed by atoms with Gasteiger partial charge in [0.2, 0.25) is 5.91 Å². The minimum absolute atomic E-state index is 0.00824. The summed E-state index contributed by atoms with van der Waals surface area (Å²) >= 11 is 1.71. The van der Waals surface area contributed by atoms with Crippen LogP contribution in [-0.4, -0.2) is 21.7 Å². The van der Waals surface area contributed by atoms with Crippen LogP contribution in [0.2, 0.25) is 0 Å². The number of para-hydroxylation sites is 3. The first-order valence-electron chi connectivity index (χ1n) is 9.01. The van der Waals surface area contributed by atoms with E-state index < -0.39 is 0 Å². The van der Waals surface area contributed by atoms with Crippen LogP contribution in [0.25, 0.3) is 11.0 Å². The van der Waals surface area contributed by atoms with Gasteiger partial charge in [-0.25, -0.2) is 4.98 Å². The molecule has 1 heterocycles. The summed E-state index contributed by atoms with van der Waals surface area (Å²) < 4.78 is 2.03. The third-order valence-electron chi connectivity index (χ3n) is 4.57. The van der Waals surface area contributed by atoms with Crippen LogP contribution in [0.5, 0.6) is 0 Å². The van der Waals surface area contributed by atoms with Crippen LogP contribution >= 0.6 is 11.8 Å². The van der Waals surface area contributed by atoms with E-state index in [1.54, 1.807) is 11.8 Å². The lowest BCUT2D eigenvalue weighted by molar-refractivity contribution is -0.116. The van der Waals surface area contributed by atoms with Gasteiger partial charge in [0.05, 0.1) is 16.8 Å². The van der Waals surface area contributed by atoms with E-state index in [1.165, 1.54) is 11.1 Å². The van der Waals surface area contributed by atoms with Crippen molar-refractivity contribution < 1.29 is 4.79 Å². The van der Waals surface area contributed by atoms with Gasteiger partial charge in [0.25, 0.3) is 0 Å². The van der Waals surface area contributed by atoms with E-state index in [1.807, 2.05) is 28.8 Å². The van der Waals surface area contributed by atoms with Gasteiger partial charge >= 0.3 is 0 Å². The third kappa shape index (κ3) is 3.78. The Labute approximate surface area is 159 Å². The molecule has 2 aromatic carbocycles. The molecule has 3 aromatic rings. The fourth-order valence-electron chi connectivity index (χ4n) is 3.27. The average molecular weight is 368 g/mol. The number of nitrogens with one attached hydrogen (secondary N) is 1. The zero-order chi connectivity index (χ0) is 18.5. The molecule has 0 saturated carbocycles. The topological polar surface area (TPSA) is 46.9 Å². The van der Waals surface area contributed by atoms with E-state index in [4.69, 9.17) is 4.98 Å². The summed E-state index contributed by atoms with van der Waals surface area (Å²) in [5.74, 6) is 1.72. The van der Waals surface area contributed by atoms with Crippen LogP contribution in [0, 0.1) is 0 Å². The van der Waals surface area contributed by atoms with Crippen molar-refractivity contribution in [2.24, 2.45) is 0 Å². The second kappa shape index (κ2) is 8.41. The summed E-state index contributed by atoms with van der Waals surface area (Å²) in [6, 6.07) is 14.2. The number of aryl methyl sites for hydroxylation is 2. The SMILES string of the molecule is CCc1cccc(CC)c1NC(=O)Cn1c(CSC)nc2ccccc21. The van der Waals surface area contributed by atoms with E-state index >= 15 is 0 Å². The molecular formula is C21H25N3OS. The van der Waals surface area contributed by atoms with E-state index in [0.29, 0.717) is 0 Å². The van der Waals surface area contributed by atoms with Gasteiger partial charge in [-0.3, -0.25) is 4.79 Å². The van der Waals surface area contributed by atoms with Gasteiger partial charge in [0.15, 0.2) is 0 Å². The number of hydrogen-bond acceptors (Lipinski definition) is 3. The largest absolute Gasteiger partial charge is 0.324 e. The fourth-order valence-corrected chi connectivity index (χ4v) is 3.75. The molecule has 0 aliphatic carbocycles. The quantitative estimate of drug-likeness (QED) is 0.660. The molecule has 1 aromatic heterocycles. The van der Waals surface area contributed by atoms with Crippen molar-refractivity contribution in [2.45, 2.75) is 39.0 Å². The molecule has 1 amide bonds. The summed E-state index contributed by atoms with van der Waals surface area (Å²) in [5, 5.41) is 3.16. The zero-order valence-electron chi connectivity index (χ0n) is 15.6. The molecule has 0 fully saturated rings. The molecule has 0 atom stereocenters. The molecule has 0 aliphatic rings. The lowest BCUT2D eigenvalue weighted by Gasteiger charge is -2.15. The molecule has 0 aliphatic heterocycles. The Morgan fingerprint density at radius 3 is 2.42 bits per heavy atom. The number of anilines is 1. The van der Waals surface area contributed by atoms with E-state index in [-0.39, 0.29) is 12.5 Å². The number of nitrogens with zero attached hydrogens (tertiary/aromatic N) is 2. The molecule has 0 saturated heterocycles. The molecular weight excluding hydrogens is 342 g/mol. The Kier molecular flexibility index (Phi) is 5.99. The number of fused-ring (bicyclic) bond motifs is 1. The number of carbonyl (C=O) groups is 1. The number of benzene rings is 2. The van der Waals surface area contributed by atoms with E-state index in [9.17, 15) is 4.79 Å². The van der Waals surface area contributed by atoms with Crippen LogP contribution in [0.15, 0.2) is 42.5 Å². The molecule has 0 bridgehead atoms. The molecule has 0 spiro atoms. The van der Waals surface area contributed by atoms with Gasteiger partial charge in [-0.1, -0.05) is 44.2 Å². The van der Waals surface area contributed by atoms with Crippen LogP contribution in [0.4, 0.5) is 5.69 Å². The highest BCUT2D eigenvalue weighted by Crippen LogP contribution is 2.23. The normalized spacial score (nSPS) is 11.0. The molecule has 26 heavy (non-hydrogen) atoms. The van der Waals surface area contributed by atoms with Crippen molar-refractivity contribution in [1.82, 2.24) is 9.55 Å². The first-order valence-corrected chi connectivity index (χ1v) is 10.4. The number of rotatable bonds is 7. The van der Waals surface area contributed by atoms with Gasteiger partial charge in [-0.05, 0) is 42.4 Å². The second-order valence-corrected chi connectivity index (χ2v) is 7.11. The minimum atomic E-state index is -0.00824. The highest BCUT2D eigenvalue weighted by Gasteiger charge is 2.15. The Balaban J connectivity index is 1.90. The van der Waals surface area contributed by atoms with Crippen molar-refractivity contribution in [2.75, 3.05) is 11.6 Å². The van der Waals surface area contributed by atoms with Gasteiger partial charge in [-0.15, -0.1) is 0 Å². The van der Waals surface area contributed by atoms with Crippen LogP contribution in [0.1, 0.15) is 30.8 Å². The van der Waals surface area contributed by atoms with Crippen molar-refractivity contribution >= 4 is 34.4 Å². The van der Waals surface area contributed by atoms with Gasteiger partial charge in [-0.2, -0.15) is 11.8 Å². The number of carbonyl (C=O) groups excluding carboxylic acids is 1. The standard InChI is InChI=1S/C21H25N3OS/c1-4-15-9-8-10-16(5-2)21(15)23-20(25)13-24-18-12-7-6-11-17(18)22-19(24)14-26-3/h6-12H,4-5,13-14H2,1-3H3,(H,23,25). The maximum Gasteiger partial charge on any atom is 0.244 e. The Hall–Kier alpha value is -2.27. The summed E-state index contributed by atoms with van der Waals surface area (Å²) in [6.07, 6.45) is 3.85. The first-order chi connectivity index (χ1) is 12.7. The summed E-state index contributed by atoms with van der Waals surface area (Å²) in [4.78, 5) is 17.5. The Morgan fingerprint density at radius 2 is 1.77 bits per heavy atom. The number of hydrogen-bond donors (Lipinski definition) is 1. The zero-order valence-corrected chi connectivity index (χ0v) is 16.4. The van der Waals surface area contributed by atoms with Crippen molar-refractivity contribution in [3.05, 3.63) is 59.4 Å². The third-order valence-corrected chi connectivity index (χ3v) is 5.12. The Morgan fingerprint density at radius 1 is 1.08 bits per heavy atom. The molecule has 0 unspecified atom stereocenters. The molecule has 5 heteroatoms. The van der Waals surface area contributed by atoms with E-state index in [0.717, 1.165) is 41.1 Å². The second-order valence-electron chi connectivity index (χ2n) is 6.24. The monoisotopic (exact) mass is 367 g/mol. The number of imidazole rings is 1. The predicted molar refractivity (Wildman–Crippen MR) is 111 cm³/mol. The predicted octanol–water partition coefficient (Wildman–Crippen LogP) is 4.66. The fraction of sp³-hybridized carbons (Fsp3) is 0.333. The summed E-state index contributed by atoms with van der Waals surface area (Å²) in [7, 11) is 0. The van der Waals surface area contributed by atoms with Crippen molar-refractivity contribution in [3.8, 4) is 0 Å². The van der Waals surface area contributed by atoms with Crippen LogP contribution in [0.3, 0.4) is 0 Å².